The van der Waals surface area contributed by atoms with Crippen molar-refractivity contribution in [3.63, 3.8) is 0 Å². The Balaban J connectivity index is 0.00000225. The molecule has 0 aliphatic carbocycles. The lowest BCUT2D eigenvalue weighted by Gasteiger charge is -2.07. The van der Waals surface area contributed by atoms with E-state index in [0.29, 0.717) is 6.54 Å². The predicted molar refractivity (Wildman–Crippen MR) is 66.0 cm³/mol. The molecule has 0 saturated heterocycles. The van der Waals surface area contributed by atoms with Gasteiger partial charge in [-0.2, -0.15) is 9.97 Å². The molecule has 0 spiro atoms. The first-order valence-electron chi connectivity index (χ1n) is 4.13. The third kappa shape index (κ3) is 3.36. The Labute approximate surface area is 105 Å². The monoisotopic (exact) mass is 286 g/mol. The molecule has 16 heavy (non-hydrogen) atoms. The lowest BCUT2D eigenvalue weighted by atomic mass is 10.6. The van der Waals surface area contributed by atoms with Crippen LogP contribution in [0.25, 0.3) is 0 Å². The van der Waals surface area contributed by atoms with Crippen LogP contribution in [-0.4, -0.2) is 31.2 Å². The lowest BCUT2D eigenvalue weighted by Crippen LogP contribution is -2.10. The van der Waals surface area contributed by atoms with Crippen LogP contribution < -0.4 is 11.1 Å². The van der Waals surface area contributed by atoms with Crippen LogP contribution in [0.4, 0.5) is 11.8 Å². The summed E-state index contributed by atoms with van der Waals surface area (Å²) in [6.07, 6.45) is 1.00. The summed E-state index contributed by atoms with van der Waals surface area (Å²) in [5, 5.41) is 2.62. The number of halogens is 2. The molecule has 1 heterocycles. The molecular weight excluding hydrogens is 275 g/mol. The fourth-order valence-corrected chi connectivity index (χ4v) is 2.39. The summed E-state index contributed by atoms with van der Waals surface area (Å²) in [5.41, 5.74) is 5.48. The third-order valence-corrected chi connectivity index (χ3v) is 3.09. The highest BCUT2D eigenvalue weighted by atomic mass is 35.5. The van der Waals surface area contributed by atoms with E-state index in [1.807, 2.05) is 6.92 Å². The van der Waals surface area contributed by atoms with Crippen molar-refractivity contribution in [3.8, 4) is 0 Å². The normalized spacial score (nSPS) is 10.7. The van der Waals surface area contributed by atoms with Gasteiger partial charge in [-0.1, -0.05) is 11.6 Å². The van der Waals surface area contributed by atoms with Crippen LogP contribution >= 0.6 is 24.0 Å². The Bertz CT molecular complexity index is 454. The van der Waals surface area contributed by atoms with Crippen molar-refractivity contribution in [2.24, 2.45) is 0 Å². The smallest absolute Gasteiger partial charge is 0.226 e. The minimum absolute atomic E-state index is 0. The molecule has 0 saturated carbocycles. The molecule has 6 nitrogen and oxygen atoms in total. The molecular formula is C7H12Cl2N4O2S. The highest BCUT2D eigenvalue weighted by Gasteiger charge is 2.19. The molecule has 0 amide bonds. The second-order valence-corrected chi connectivity index (χ2v) is 5.17. The second-order valence-electron chi connectivity index (χ2n) is 2.85. The minimum Gasteiger partial charge on any atom is -0.382 e. The van der Waals surface area contributed by atoms with E-state index in [9.17, 15) is 8.42 Å². The van der Waals surface area contributed by atoms with Crippen molar-refractivity contribution in [3.05, 3.63) is 5.15 Å². The lowest BCUT2D eigenvalue weighted by molar-refractivity contribution is 0.601. The summed E-state index contributed by atoms with van der Waals surface area (Å²) < 4.78 is 22.6. The molecule has 1 aromatic rings. The first-order chi connectivity index (χ1) is 6.86. The van der Waals surface area contributed by atoms with Crippen molar-refractivity contribution >= 4 is 45.6 Å². The topological polar surface area (TPSA) is 98.0 Å². The summed E-state index contributed by atoms with van der Waals surface area (Å²) in [7, 11) is -3.51. The zero-order chi connectivity index (χ0) is 11.6. The zero-order valence-corrected chi connectivity index (χ0v) is 11.1. The molecule has 1 aromatic heterocycles. The number of aromatic nitrogens is 2. The van der Waals surface area contributed by atoms with E-state index < -0.39 is 9.84 Å². The molecule has 0 unspecified atom stereocenters. The minimum atomic E-state index is -3.51. The van der Waals surface area contributed by atoms with Crippen molar-refractivity contribution in [1.29, 1.82) is 0 Å². The summed E-state index contributed by atoms with van der Waals surface area (Å²) in [4.78, 5) is 7.33. The number of nitrogens with two attached hydrogens (primary N) is 1. The van der Waals surface area contributed by atoms with Gasteiger partial charge >= 0.3 is 0 Å². The number of hydrogen-bond donors (Lipinski definition) is 2. The van der Waals surface area contributed by atoms with Crippen molar-refractivity contribution in [2.75, 3.05) is 23.9 Å². The Morgan fingerprint density at radius 3 is 2.38 bits per heavy atom. The average Bonchev–Trinajstić information content (AvgIpc) is 1.99. The van der Waals surface area contributed by atoms with Gasteiger partial charge < -0.3 is 11.1 Å². The molecule has 92 valence electrons. The zero-order valence-electron chi connectivity index (χ0n) is 8.69. The van der Waals surface area contributed by atoms with E-state index >= 15 is 0 Å². The number of hydrogen-bond acceptors (Lipinski definition) is 6. The summed E-state index contributed by atoms with van der Waals surface area (Å²) >= 11 is 5.70. The average molecular weight is 287 g/mol. The van der Waals surface area contributed by atoms with Gasteiger partial charge in [-0.15, -0.1) is 12.4 Å². The second kappa shape index (κ2) is 5.51. The quantitative estimate of drug-likeness (QED) is 0.804. The van der Waals surface area contributed by atoms with Gasteiger partial charge in [0.05, 0.1) is 0 Å². The van der Waals surface area contributed by atoms with Gasteiger partial charge in [0.15, 0.2) is 15.0 Å². The molecule has 0 fully saturated rings. The highest BCUT2D eigenvalue weighted by molar-refractivity contribution is 7.91. The highest BCUT2D eigenvalue weighted by Crippen LogP contribution is 2.25. The van der Waals surface area contributed by atoms with E-state index in [0.717, 1.165) is 6.26 Å². The maximum Gasteiger partial charge on any atom is 0.226 e. The van der Waals surface area contributed by atoms with Gasteiger partial charge in [-0.05, 0) is 6.92 Å². The Morgan fingerprint density at radius 1 is 1.44 bits per heavy atom. The first kappa shape index (κ1) is 15.2. The van der Waals surface area contributed by atoms with Gasteiger partial charge in [-0.25, -0.2) is 8.42 Å². The molecule has 3 N–H and O–H groups in total. The third-order valence-electron chi connectivity index (χ3n) is 1.56. The van der Waals surface area contributed by atoms with Gasteiger partial charge in [0.25, 0.3) is 0 Å². The molecule has 0 aliphatic heterocycles. The fourth-order valence-electron chi connectivity index (χ4n) is 1.02. The Hall–Kier alpha value is -0.790. The Kier molecular flexibility index (Phi) is 5.24. The van der Waals surface area contributed by atoms with Gasteiger partial charge in [0.1, 0.15) is 10.7 Å². The molecule has 1 rings (SSSR count). The summed E-state index contributed by atoms with van der Waals surface area (Å²) in [5.74, 6) is 0.0702. The Morgan fingerprint density at radius 2 is 2.00 bits per heavy atom. The van der Waals surface area contributed by atoms with Gasteiger partial charge in [0, 0.05) is 12.8 Å². The standard InChI is InChI=1S/C7H11ClN4O2S.ClH/c1-3-10-7-11-5(8)4(6(9)12-7)15(2,13)14;/h3H2,1-2H3,(H3,9,10,11,12);1H. The molecule has 0 radical (unpaired) electrons. The summed E-state index contributed by atoms with van der Waals surface area (Å²) in [6, 6.07) is 0. The number of nitrogens with one attached hydrogen (secondary N) is 1. The van der Waals surface area contributed by atoms with Gasteiger partial charge in [0.2, 0.25) is 5.95 Å². The van der Waals surface area contributed by atoms with E-state index in [-0.39, 0.29) is 34.2 Å². The molecule has 0 bridgehead atoms. The molecule has 0 aromatic carbocycles. The fraction of sp³-hybridized carbons (Fsp3) is 0.429. The molecule has 0 aliphatic rings. The van der Waals surface area contributed by atoms with E-state index in [2.05, 4.69) is 15.3 Å². The van der Waals surface area contributed by atoms with Crippen LogP contribution in [0.5, 0.6) is 0 Å². The first-order valence-corrected chi connectivity index (χ1v) is 6.40. The van der Waals surface area contributed by atoms with Crippen molar-refractivity contribution in [1.82, 2.24) is 9.97 Å². The molecule has 9 heteroatoms. The van der Waals surface area contributed by atoms with Crippen LogP contribution in [0.15, 0.2) is 4.90 Å². The van der Waals surface area contributed by atoms with Crippen LogP contribution in [0.2, 0.25) is 5.15 Å². The van der Waals surface area contributed by atoms with E-state index in [1.54, 1.807) is 0 Å². The maximum absolute atomic E-state index is 11.3. The summed E-state index contributed by atoms with van der Waals surface area (Å²) in [6.45, 7) is 2.44. The van der Waals surface area contributed by atoms with Crippen molar-refractivity contribution in [2.45, 2.75) is 11.8 Å². The number of sulfone groups is 1. The largest absolute Gasteiger partial charge is 0.382 e. The van der Waals surface area contributed by atoms with Crippen molar-refractivity contribution < 1.29 is 8.42 Å². The van der Waals surface area contributed by atoms with Crippen LogP contribution in [0.1, 0.15) is 6.92 Å². The predicted octanol–water partition coefficient (Wildman–Crippen LogP) is 0.969. The van der Waals surface area contributed by atoms with E-state index in [4.69, 9.17) is 17.3 Å². The molecule has 0 atom stereocenters. The van der Waals surface area contributed by atoms with Crippen LogP contribution in [0, 0.1) is 0 Å². The number of nitrogens with zero attached hydrogens (tertiary/aromatic N) is 2. The number of anilines is 2. The number of nitrogen functional groups attached to an aromatic ring is 1. The van der Waals surface area contributed by atoms with Gasteiger partial charge in [-0.3, -0.25) is 0 Å². The van der Waals surface area contributed by atoms with Crippen LogP contribution in [-0.2, 0) is 9.84 Å². The SMILES string of the molecule is CCNc1nc(N)c(S(C)(=O)=O)c(Cl)n1.Cl. The number of rotatable bonds is 3. The van der Waals surface area contributed by atoms with Crippen LogP contribution in [0.3, 0.4) is 0 Å². The van der Waals surface area contributed by atoms with E-state index in [1.165, 1.54) is 0 Å². The maximum atomic E-state index is 11.3.